The number of hydrogen-bond acceptors (Lipinski definition) is 4. The van der Waals surface area contributed by atoms with E-state index in [1.165, 1.54) is 5.56 Å². The van der Waals surface area contributed by atoms with Crippen molar-refractivity contribution in [2.75, 3.05) is 26.3 Å². The molecule has 0 aromatic heterocycles. The Morgan fingerprint density at radius 2 is 1.85 bits per heavy atom. The second-order valence-corrected chi connectivity index (χ2v) is 5.33. The van der Waals surface area contributed by atoms with Crippen LogP contribution >= 0.6 is 0 Å². The van der Waals surface area contributed by atoms with Crippen LogP contribution in [0.4, 0.5) is 0 Å². The molecule has 0 radical (unpaired) electrons. The van der Waals surface area contributed by atoms with Gasteiger partial charge in [0.2, 0.25) is 0 Å². The first kappa shape index (κ1) is 13.5. The Hall–Kier alpha value is -1.46. The van der Waals surface area contributed by atoms with Crippen molar-refractivity contribution >= 4 is 5.57 Å². The molecule has 106 valence electrons. The van der Waals surface area contributed by atoms with Crippen molar-refractivity contribution in [3.05, 3.63) is 54.1 Å². The minimum Gasteiger partial charge on any atom is -0.379 e. The van der Waals surface area contributed by atoms with Gasteiger partial charge in [-0.05, 0) is 17.2 Å². The van der Waals surface area contributed by atoms with Crippen LogP contribution in [0.3, 0.4) is 0 Å². The Kier molecular flexibility index (Phi) is 3.72. The highest BCUT2D eigenvalue weighted by molar-refractivity contribution is 5.76. The number of rotatable bonds is 2. The van der Waals surface area contributed by atoms with Crippen molar-refractivity contribution < 1.29 is 4.74 Å². The van der Waals surface area contributed by atoms with Gasteiger partial charge in [0.05, 0.1) is 19.3 Å². The van der Waals surface area contributed by atoms with E-state index in [2.05, 4.69) is 29.2 Å². The van der Waals surface area contributed by atoms with Crippen LogP contribution in [-0.4, -0.2) is 42.9 Å². The van der Waals surface area contributed by atoms with Crippen molar-refractivity contribution in [3.8, 4) is 0 Å². The molecular weight excluding hydrogens is 250 g/mol. The number of ether oxygens (including phenoxy) is 1. The molecule has 4 heteroatoms. The molecule has 1 heterocycles. The van der Waals surface area contributed by atoms with Gasteiger partial charge in [-0.25, -0.2) is 0 Å². The van der Waals surface area contributed by atoms with Crippen LogP contribution in [-0.2, 0) is 4.74 Å². The van der Waals surface area contributed by atoms with E-state index in [4.69, 9.17) is 16.2 Å². The van der Waals surface area contributed by atoms with Crippen LogP contribution in [0.15, 0.2) is 48.6 Å². The van der Waals surface area contributed by atoms with Gasteiger partial charge >= 0.3 is 0 Å². The number of hydrogen-bond donors (Lipinski definition) is 2. The second kappa shape index (κ2) is 5.50. The average Bonchev–Trinajstić information content (AvgIpc) is 2.52. The molecule has 0 saturated carbocycles. The van der Waals surface area contributed by atoms with Crippen LogP contribution in [0.1, 0.15) is 5.56 Å². The summed E-state index contributed by atoms with van der Waals surface area (Å²) in [5.74, 6) is 0. The highest BCUT2D eigenvalue weighted by Crippen LogP contribution is 2.27. The molecule has 1 saturated heterocycles. The molecule has 20 heavy (non-hydrogen) atoms. The van der Waals surface area contributed by atoms with Crippen molar-refractivity contribution in [1.29, 1.82) is 0 Å². The van der Waals surface area contributed by atoms with Gasteiger partial charge in [0.15, 0.2) is 0 Å². The second-order valence-electron chi connectivity index (χ2n) is 5.33. The highest BCUT2D eigenvalue weighted by atomic mass is 16.5. The number of allylic oxidation sites excluding steroid dienone is 2. The predicted octanol–water partition coefficient (Wildman–Crippen LogP) is 0.954. The Labute approximate surface area is 119 Å². The summed E-state index contributed by atoms with van der Waals surface area (Å²) < 4.78 is 5.38. The standard InChI is InChI=1S/C16H21N3O/c17-15-12-14(13-4-2-1-3-5-13)6-7-16(15,18)19-8-10-20-11-9-19/h1-7,12,15H,8-11,17-18H2. The summed E-state index contributed by atoms with van der Waals surface area (Å²) in [5.41, 5.74) is 14.6. The van der Waals surface area contributed by atoms with Gasteiger partial charge in [-0.2, -0.15) is 0 Å². The molecule has 1 aliphatic carbocycles. The summed E-state index contributed by atoms with van der Waals surface area (Å²) in [7, 11) is 0. The highest BCUT2D eigenvalue weighted by Gasteiger charge is 2.38. The third-order valence-corrected chi connectivity index (χ3v) is 4.09. The fourth-order valence-corrected chi connectivity index (χ4v) is 2.81. The molecule has 2 aliphatic rings. The number of nitrogens with zero attached hydrogens (tertiary/aromatic N) is 1. The van der Waals surface area contributed by atoms with Crippen molar-refractivity contribution in [2.24, 2.45) is 11.5 Å². The molecule has 1 aromatic rings. The van der Waals surface area contributed by atoms with E-state index in [1.54, 1.807) is 0 Å². The lowest BCUT2D eigenvalue weighted by molar-refractivity contribution is -0.00815. The first-order valence-electron chi connectivity index (χ1n) is 7.04. The van der Waals surface area contributed by atoms with E-state index >= 15 is 0 Å². The summed E-state index contributed by atoms with van der Waals surface area (Å²) >= 11 is 0. The molecule has 1 fully saturated rings. The monoisotopic (exact) mass is 271 g/mol. The van der Waals surface area contributed by atoms with Crippen LogP contribution in [0.25, 0.3) is 5.57 Å². The minimum absolute atomic E-state index is 0.221. The molecule has 0 spiro atoms. The van der Waals surface area contributed by atoms with Crippen molar-refractivity contribution in [2.45, 2.75) is 11.7 Å². The van der Waals surface area contributed by atoms with Gasteiger partial charge in [-0.1, -0.05) is 42.5 Å². The van der Waals surface area contributed by atoms with Crippen LogP contribution in [0, 0.1) is 0 Å². The molecule has 0 amide bonds. The van der Waals surface area contributed by atoms with Gasteiger partial charge in [-0.15, -0.1) is 0 Å². The molecule has 4 nitrogen and oxygen atoms in total. The van der Waals surface area contributed by atoms with E-state index in [9.17, 15) is 0 Å². The molecular formula is C16H21N3O. The molecule has 0 bridgehead atoms. The van der Waals surface area contributed by atoms with Gasteiger partial charge in [0.25, 0.3) is 0 Å². The zero-order valence-electron chi connectivity index (χ0n) is 11.5. The predicted molar refractivity (Wildman–Crippen MR) is 80.8 cm³/mol. The Morgan fingerprint density at radius 3 is 2.50 bits per heavy atom. The maximum Gasteiger partial charge on any atom is 0.108 e. The third-order valence-electron chi connectivity index (χ3n) is 4.09. The Bertz CT molecular complexity index is 520. The molecule has 3 rings (SSSR count). The number of nitrogens with two attached hydrogens (primary N) is 2. The normalized spacial score (nSPS) is 31.1. The largest absolute Gasteiger partial charge is 0.379 e. The van der Waals surface area contributed by atoms with Gasteiger partial charge in [-0.3, -0.25) is 4.90 Å². The maximum absolute atomic E-state index is 6.53. The van der Waals surface area contributed by atoms with E-state index < -0.39 is 5.66 Å². The summed E-state index contributed by atoms with van der Waals surface area (Å²) in [6.07, 6.45) is 6.17. The van der Waals surface area contributed by atoms with Crippen molar-refractivity contribution in [1.82, 2.24) is 4.90 Å². The third kappa shape index (κ3) is 2.43. The Balaban J connectivity index is 1.83. The maximum atomic E-state index is 6.53. The van der Waals surface area contributed by atoms with Crippen LogP contribution in [0.2, 0.25) is 0 Å². The van der Waals surface area contributed by atoms with Gasteiger partial charge < -0.3 is 16.2 Å². The smallest absolute Gasteiger partial charge is 0.108 e. The van der Waals surface area contributed by atoms with Gasteiger partial charge in [0, 0.05) is 13.1 Å². The summed E-state index contributed by atoms with van der Waals surface area (Å²) in [6.45, 7) is 3.08. The fourth-order valence-electron chi connectivity index (χ4n) is 2.81. The molecule has 4 N–H and O–H groups in total. The molecule has 2 atom stereocenters. The Morgan fingerprint density at radius 1 is 1.15 bits per heavy atom. The molecule has 1 aliphatic heterocycles. The first-order chi connectivity index (χ1) is 9.70. The summed E-state index contributed by atoms with van der Waals surface area (Å²) in [4.78, 5) is 2.20. The minimum atomic E-state index is -0.609. The average molecular weight is 271 g/mol. The zero-order valence-corrected chi connectivity index (χ0v) is 11.5. The zero-order chi connectivity index (χ0) is 14.0. The van der Waals surface area contributed by atoms with E-state index in [0.717, 1.165) is 31.9 Å². The SMILES string of the molecule is NC1C=C(c2ccccc2)C=CC1(N)N1CCOCC1. The first-order valence-corrected chi connectivity index (χ1v) is 7.04. The molecule has 2 unspecified atom stereocenters. The lowest BCUT2D eigenvalue weighted by Gasteiger charge is -2.45. The topological polar surface area (TPSA) is 64.5 Å². The summed E-state index contributed by atoms with van der Waals surface area (Å²) in [6, 6.07) is 10.0. The molecule has 1 aromatic carbocycles. The van der Waals surface area contributed by atoms with E-state index in [-0.39, 0.29) is 6.04 Å². The number of benzene rings is 1. The van der Waals surface area contributed by atoms with Crippen molar-refractivity contribution in [3.63, 3.8) is 0 Å². The lowest BCUT2D eigenvalue weighted by Crippen LogP contribution is -2.67. The quantitative estimate of drug-likeness (QED) is 0.841. The summed E-state index contributed by atoms with van der Waals surface area (Å²) in [5, 5.41) is 0. The lowest BCUT2D eigenvalue weighted by atomic mass is 9.88. The van der Waals surface area contributed by atoms with Crippen LogP contribution in [0.5, 0.6) is 0 Å². The van der Waals surface area contributed by atoms with E-state index in [0.29, 0.717) is 0 Å². The van der Waals surface area contributed by atoms with Gasteiger partial charge in [0.1, 0.15) is 5.66 Å². The van der Waals surface area contributed by atoms with E-state index in [1.807, 2.05) is 24.3 Å². The number of morpholine rings is 1. The fraction of sp³-hybridized carbons (Fsp3) is 0.375. The van der Waals surface area contributed by atoms with Crippen LogP contribution < -0.4 is 11.5 Å².